The number of hydrogen-bond acceptors (Lipinski definition) is 4. The highest BCUT2D eigenvalue weighted by molar-refractivity contribution is 9.10. The molecule has 0 radical (unpaired) electrons. The van der Waals surface area contributed by atoms with Gasteiger partial charge in [-0.3, -0.25) is 4.79 Å². The van der Waals surface area contributed by atoms with Crippen molar-refractivity contribution in [2.24, 2.45) is 11.1 Å². The smallest absolute Gasteiger partial charge is 0.309 e. The van der Waals surface area contributed by atoms with Crippen molar-refractivity contribution in [2.45, 2.75) is 25.3 Å². The maximum Gasteiger partial charge on any atom is 0.309 e. The minimum atomic E-state index is -0.814. The van der Waals surface area contributed by atoms with Crippen LogP contribution in [0.2, 0.25) is 0 Å². The third-order valence-electron chi connectivity index (χ3n) is 2.99. The first-order valence-electron chi connectivity index (χ1n) is 4.86. The van der Waals surface area contributed by atoms with E-state index in [1.54, 1.807) is 19.3 Å². The molecule has 0 unspecified atom stereocenters. The van der Waals surface area contributed by atoms with Crippen molar-refractivity contribution in [3.63, 3.8) is 0 Å². The predicted molar refractivity (Wildman–Crippen MR) is 60.6 cm³/mol. The van der Waals surface area contributed by atoms with Crippen LogP contribution >= 0.6 is 15.9 Å². The number of hydrogen-bond donors (Lipinski definition) is 2. The standard InChI is InChI=1S/C10H12BrN3O2/c1-9(8(15)16)4-10(12,5-9)7-13-2-6(11)3-14-7/h2-3H,4-5,12H2,1H3,(H,15,16). The first-order valence-corrected chi connectivity index (χ1v) is 5.65. The molecule has 0 saturated heterocycles. The molecule has 1 aromatic heterocycles. The number of carboxylic acid groups (broad SMARTS) is 1. The maximum atomic E-state index is 11.0. The summed E-state index contributed by atoms with van der Waals surface area (Å²) in [5.41, 5.74) is 4.64. The summed E-state index contributed by atoms with van der Waals surface area (Å²) in [4.78, 5) is 19.2. The number of aliphatic carboxylic acids is 1. The number of halogens is 1. The van der Waals surface area contributed by atoms with Crippen LogP contribution in [-0.2, 0) is 10.3 Å². The summed E-state index contributed by atoms with van der Waals surface area (Å²) in [6.45, 7) is 1.69. The highest BCUT2D eigenvalue weighted by atomic mass is 79.9. The van der Waals surface area contributed by atoms with E-state index in [-0.39, 0.29) is 0 Å². The van der Waals surface area contributed by atoms with Crippen LogP contribution in [0.25, 0.3) is 0 Å². The van der Waals surface area contributed by atoms with Gasteiger partial charge in [0.05, 0.1) is 15.4 Å². The van der Waals surface area contributed by atoms with Crippen LogP contribution in [0.4, 0.5) is 0 Å². The third kappa shape index (κ3) is 1.72. The van der Waals surface area contributed by atoms with Gasteiger partial charge in [-0.25, -0.2) is 9.97 Å². The third-order valence-corrected chi connectivity index (χ3v) is 3.40. The summed E-state index contributed by atoms with van der Waals surface area (Å²) >= 11 is 3.24. The molecule has 1 aliphatic carbocycles. The van der Waals surface area contributed by atoms with Gasteiger partial charge in [-0.2, -0.15) is 0 Å². The van der Waals surface area contributed by atoms with Crippen molar-refractivity contribution < 1.29 is 9.90 Å². The van der Waals surface area contributed by atoms with Crippen LogP contribution in [0, 0.1) is 5.41 Å². The number of aromatic nitrogens is 2. The van der Waals surface area contributed by atoms with E-state index in [0.717, 1.165) is 4.47 Å². The number of nitrogens with two attached hydrogens (primary N) is 1. The van der Waals surface area contributed by atoms with Crippen LogP contribution in [0.15, 0.2) is 16.9 Å². The van der Waals surface area contributed by atoms with Crippen molar-refractivity contribution in [3.8, 4) is 0 Å². The average Bonchev–Trinajstić information content (AvgIpc) is 2.16. The molecule has 0 aromatic carbocycles. The molecular weight excluding hydrogens is 274 g/mol. The van der Waals surface area contributed by atoms with E-state index < -0.39 is 16.9 Å². The molecule has 0 bridgehead atoms. The normalized spacial score (nSPS) is 33.2. The Hall–Kier alpha value is -1.01. The van der Waals surface area contributed by atoms with E-state index in [1.807, 2.05) is 0 Å². The van der Waals surface area contributed by atoms with E-state index in [1.165, 1.54) is 0 Å². The van der Waals surface area contributed by atoms with Gasteiger partial charge in [-0.05, 0) is 35.7 Å². The Morgan fingerprint density at radius 2 is 2.00 bits per heavy atom. The lowest BCUT2D eigenvalue weighted by atomic mass is 9.58. The molecule has 86 valence electrons. The maximum absolute atomic E-state index is 11.0. The van der Waals surface area contributed by atoms with Crippen molar-refractivity contribution in [1.29, 1.82) is 0 Å². The summed E-state index contributed by atoms with van der Waals surface area (Å²) in [6.07, 6.45) is 3.98. The zero-order valence-corrected chi connectivity index (χ0v) is 10.4. The van der Waals surface area contributed by atoms with Crippen LogP contribution < -0.4 is 5.73 Å². The Bertz CT molecular complexity index is 426. The zero-order valence-electron chi connectivity index (χ0n) is 8.77. The second kappa shape index (κ2) is 3.49. The summed E-state index contributed by atoms with van der Waals surface area (Å²) in [6, 6.07) is 0. The van der Waals surface area contributed by atoms with E-state index >= 15 is 0 Å². The predicted octanol–water partition coefficient (Wildman–Crippen LogP) is 1.28. The van der Waals surface area contributed by atoms with Gasteiger partial charge in [0.1, 0.15) is 5.82 Å². The number of carboxylic acids is 1. The molecule has 5 nitrogen and oxygen atoms in total. The second-order valence-corrected chi connectivity index (χ2v) is 5.52. The molecule has 1 aromatic rings. The number of rotatable bonds is 2. The highest BCUT2D eigenvalue weighted by Gasteiger charge is 2.56. The van der Waals surface area contributed by atoms with Crippen molar-refractivity contribution in [2.75, 3.05) is 0 Å². The fourth-order valence-electron chi connectivity index (χ4n) is 2.22. The fourth-order valence-corrected chi connectivity index (χ4v) is 2.42. The number of nitrogens with zero attached hydrogens (tertiary/aromatic N) is 2. The van der Waals surface area contributed by atoms with E-state index in [0.29, 0.717) is 18.7 Å². The number of carbonyl (C=O) groups is 1. The average molecular weight is 286 g/mol. The molecule has 3 N–H and O–H groups in total. The van der Waals surface area contributed by atoms with E-state index in [2.05, 4.69) is 25.9 Å². The summed E-state index contributed by atoms with van der Waals surface area (Å²) in [5, 5.41) is 9.01. The van der Waals surface area contributed by atoms with Crippen LogP contribution in [0.3, 0.4) is 0 Å². The van der Waals surface area contributed by atoms with Crippen molar-refractivity contribution >= 4 is 21.9 Å². The molecule has 0 amide bonds. The second-order valence-electron chi connectivity index (χ2n) is 4.60. The van der Waals surface area contributed by atoms with Gasteiger partial charge in [-0.1, -0.05) is 0 Å². The van der Waals surface area contributed by atoms with Gasteiger partial charge in [0.25, 0.3) is 0 Å². The summed E-state index contributed by atoms with van der Waals surface area (Å²) < 4.78 is 0.778. The molecular formula is C10H12BrN3O2. The Morgan fingerprint density at radius 1 is 1.50 bits per heavy atom. The Balaban J connectivity index is 2.19. The minimum Gasteiger partial charge on any atom is -0.481 e. The Labute approximate surface area is 101 Å². The molecule has 1 saturated carbocycles. The van der Waals surface area contributed by atoms with Crippen LogP contribution in [-0.4, -0.2) is 21.0 Å². The molecule has 0 atom stereocenters. The molecule has 16 heavy (non-hydrogen) atoms. The molecule has 1 aliphatic rings. The van der Waals surface area contributed by atoms with Gasteiger partial charge < -0.3 is 10.8 Å². The minimum absolute atomic E-state index is 0.372. The molecule has 0 aliphatic heterocycles. The van der Waals surface area contributed by atoms with Crippen molar-refractivity contribution in [3.05, 3.63) is 22.7 Å². The molecule has 6 heteroatoms. The quantitative estimate of drug-likeness (QED) is 0.854. The molecule has 1 heterocycles. The topological polar surface area (TPSA) is 89.1 Å². The monoisotopic (exact) mass is 285 g/mol. The van der Waals surface area contributed by atoms with Crippen LogP contribution in [0.1, 0.15) is 25.6 Å². The van der Waals surface area contributed by atoms with Crippen LogP contribution in [0.5, 0.6) is 0 Å². The van der Waals surface area contributed by atoms with Gasteiger partial charge in [0.2, 0.25) is 0 Å². The first kappa shape index (κ1) is 11.5. The summed E-state index contributed by atoms with van der Waals surface area (Å²) in [7, 11) is 0. The van der Waals surface area contributed by atoms with Gasteiger partial charge in [-0.15, -0.1) is 0 Å². The first-order chi connectivity index (χ1) is 7.36. The Kier molecular flexibility index (Phi) is 2.51. The fraction of sp³-hybridized carbons (Fsp3) is 0.500. The van der Waals surface area contributed by atoms with E-state index in [4.69, 9.17) is 10.8 Å². The molecule has 1 fully saturated rings. The lowest BCUT2D eigenvalue weighted by molar-refractivity contribution is -0.158. The molecule has 0 spiro atoms. The molecule has 2 rings (SSSR count). The Morgan fingerprint density at radius 3 is 2.44 bits per heavy atom. The van der Waals surface area contributed by atoms with Gasteiger partial charge >= 0.3 is 5.97 Å². The van der Waals surface area contributed by atoms with Gasteiger partial charge in [0, 0.05) is 12.4 Å². The van der Waals surface area contributed by atoms with Crippen molar-refractivity contribution in [1.82, 2.24) is 9.97 Å². The largest absolute Gasteiger partial charge is 0.481 e. The van der Waals surface area contributed by atoms with Gasteiger partial charge in [0.15, 0.2) is 0 Å². The SMILES string of the molecule is CC1(C(=O)O)CC(N)(c2ncc(Br)cn2)C1. The van der Waals surface area contributed by atoms with E-state index in [9.17, 15) is 4.79 Å². The highest BCUT2D eigenvalue weighted by Crippen LogP contribution is 2.51. The summed E-state index contributed by atoms with van der Waals surface area (Å²) in [5.74, 6) is -0.305. The lowest BCUT2D eigenvalue weighted by Gasteiger charge is -2.48. The zero-order chi connectivity index (χ0) is 12.0. The lowest BCUT2D eigenvalue weighted by Crippen LogP contribution is -2.58.